The van der Waals surface area contributed by atoms with Crippen LogP contribution in [0, 0.1) is 0 Å². The normalized spacial score (nSPS) is 14.0. The van der Waals surface area contributed by atoms with E-state index in [1.54, 1.807) is 0 Å². The number of hydrogen-bond donors (Lipinski definition) is 0. The number of allylic oxidation sites excluding steroid dienone is 38. The second-order valence-corrected chi connectivity index (χ2v) is 26.5. The lowest BCUT2D eigenvalue weighted by Crippen LogP contribution is -2.44. The minimum atomic E-state index is -1.65. The predicted octanol–water partition coefficient (Wildman–Crippen LogP) is 24.5. The Morgan fingerprint density at radius 3 is 0.792 bits per heavy atom. The lowest BCUT2D eigenvalue weighted by molar-refractivity contribution is -0.870. The van der Waals surface area contributed by atoms with E-state index in [-0.39, 0.29) is 38.6 Å². The number of esters is 2. The molecule has 0 aliphatic carbocycles. The summed E-state index contributed by atoms with van der Waals surface area (Å²) in [5.74, 6) is -2.34. The van der Waals surface area contributed by atoms with Gasteiger partial charge in [-0.2, -0.15) is 0 Å². The van der Waals surface area contributed by atoms with Gasteiger partial charge in [-0.1, -0.05) is 328 Å². The molecule has 0 aliphatic heterocycles. The molecule has 0 aliphatic rings. The van der Waals surface area contributed by atoms with Crippen LogP contribution in [0.4, 0.5) is 0 Å². The average Bonchev–Trinajstić information content (AvgIpc) is 1.25. The standard InChI is InChI=1S/C92H143NO8/c1-6-8-10-12-14-16-18-20-22-24-26-28-30-32-34-36-38-40-42-43-44-45-46-47-49-50-52-54-56-58-60-62-64-66-68-70-72-74-76-78-80-82-89(94)99-86-88(87-100-92(91(96)97)98-85-84-93(3,4)5)101-90(95)83-81-79-77-75-73-71-69-67-65-63-61-59-57-55-53-51-48-41-39-37-35-33-31-29-27-25-23-21-19-17-15-13-11-9-7-2/h8-11,14-17,20-23,26-29,32-35,38-41,43-44,46-47,50-53,57,59,63,65,69,71,88,92H,6-7,12-13,18-19,24-25,30-31,36-37,42,45,48-49,54-56,58,60-62,64,66-68,70,72-87H2,1-5H3/b10-8-,11-9-,16-14-,17-15-,22-20-,23-21-,28-26-,29-27-,34-32-,35-33-,40-38-,41-39-,44-43-,47-46-,52-50-,53-51-,59-57-,65-63-,71-69-. The molecule has 0 fully saturated rings. The van der Waals surface area contributed by atoms with Crippen LogP contribution in [-0.4, -0.2) is 82.3 Å². The van der Waals surface area contributed by atoms with E-state index in [4.69, 9.17) is 18.9 Å². The first-order valence-corrected chi connectivity index (χ1v) is 39.5. The zero-order valence-corrected chi connectivity index (χ0v) is 64.4. The number of unbranched alkanes of at least 4 members (excludes halogenated alkanes) is 17. The summed E-state index contributed by atoms with van der Waals surface area (Å²) in [6.07, 6.45) is 123. The fourth-order valence-corrected chi connectivity index (χ4v) is 9.97. The average molecular weight is 1390 g/mol. The predicted molar refractivity (Wildman–Crippen MR) is 434 cm³/mol. The molecule has 101 heavy (non-hydrogen) atoms. The summed E-state index contributed by atoms with van der Waals surface area (Å²) in [5, 5.41) is 11.9. The van der Waals surface area contributed by atoms with Crippen molar-refractivity contribution in [1.29, 1.82) is 0 Å². The second-order valence-electron chi connectivity index (χ2n) is 26.5. The van der Waals surface area contributed by atoms with Gasteiger partial charge in [0.1, 0.15) is 13.2 Å². The summed E-state index contributed by atoms with van der Waals surface area (Å²) < 4.78 is 22.8. The third kappa shape index (κ3) is 80.5. The van der Waals surface area contributed by atoms with Crippen molar-refractivity contribution in [2.45, 2.75) is 283 Å². The van der Waals surface area contributed by atoms with Crippen LogP contribution in [0.2, 0.25) is 0 Å². The van der Waals surface area contributed by atoms with E-state index in [0.29, 0.717) is 17.4 Å². The molecule has 0 radical (unpaired) electrons. The third-order valence-electron chi connectivity index (χ3n) is 15.9. The van der Waals surface area contributed by atoms with Gasteiger partial charge in [-0.15, -0.1) is 0 Å². The molecule has 0 aromatic carbocycles. The van der Waals surface area contributed by atoms with Crippen LogP contribution in [0.25, 0.3) is 0 Å². The molecule has 0 amide bonds. The van der Waals surface area contributed by atoms with Gasteiger partial charge in [0.2, 0.25) is 0 Å². The van der Waals surface area contributed by atoms with Crippen LogP contribution in [0.15, 0.2) is 231 Å². The van der Waals surface area contributed by atoms with Gasteiger partial charge in [-0.3, -0.25) is 9.59 Å². The van der Waals surface area contributed by atoms with Crippen molar-refractivity contribution < 1.29 is 42.9 Å². The Labute approximate surface area is 619 Å². The summed E-state index contributed by atoms with van der Waals surface area (Å²) in [6.45, 7) is 4.47. The molecule has 0 saturated carbocycles. The van der Waals surface area contributed by atoms with Crippen molar-refractivity contribution in [3.63, 3.8) is 0 Å². The molecule has 0 N–H and O–H groups in total. The maximum Gasteiger partial charge on any atom is 0.306 e. The Bertz CT molecular complexity index is 2520. The molecule has 0 spiro atoms. The van der Waals surface area contributed by atoms with Gasteiger partial charge >= 0.3 is 11.9 Å². The topological polar surface area (TPSA) is 111 Å². The maximum absolute atomic E-state index is 13.0. The van der Waals surface area contributed by atoms with Crippen LogP contribution >= 0.6 is 0 Å². The molecule has 564 valence electrons. The molecule has 9 nitrogen and oxygen atoms in total. The van der Waals surface area contributed by atoms with E-state index in [2.05, 4.69) is 245 Å². The molecular weight excluding hydrogens is 1250 g/mol. The first-order valence-electron chi connectivity index (χ1n) is 39.5. The molecule has 0 aromatic rings. The fraction of sp³-hybridized carbons (Fsp3) is 0.554. The highest BCUT2D eigenvalue weighted by Crippen LogP contribution is 2.16. The van der Waals surface area contributed by atoms with Crippen molar-refractivity contribution in [3.8, 4) is 0 Å². The lowest BCUT2D eigenvalue weighted by atomic mass is 10.0. The summed E-state index contributed by atoms with van der Waals surface area (Å²) >= 11 is 0. The van der Waals surface area contributed by atoms with Gasteiger partial charge in [0.25, 0.3) is 0 Å². The largest absolute Gasteiger partial charge is 0.545 e. The van der Waals surface area contributed by atoms with Gasteiger partial charge in [0, 0.05) is 12.8 Å². The van der Waals surface area contributed by atoms with Crippen molar-refractivity contribution >= 4 is 17.9 Å². The maximum atomic E-state index is 13.0. The first kappa shape index (κ1) is 94.4. The number of carbonyl (C=O) groups excluding carboxylic acids is 3. The van der Waals surface area contributed by atoms with E-state index in [1.807, 2.05) is 21.1 Å². The highest BCUT2D eigenvalue weighted by atomic mass is 16.7. The third-order valence-corrected chi connectivity index (χ3v) is 15.9. The summed E-state index contributed by atoms with van der Waals surface area (Å²) in [6, 6.07) is 0. The number of rotatable bonds is 70. The molecular formula is C92H143NO8. The Hall–Kier alpha value is -6.65. The lowest BCUT2D eigenvalue weighted by Gasteiger charge is -2.26. The first-order chi connectivity index (χ1) is 49.6. The SMILES string of the molecule is CC/C=C\C/C=C\C/C=C\C/C=C\C/C=C\C/C=C\C/C=C\C/C=C\C/C=C\C/C=C\CCCCCCC(=O)OC(COC(=O)CCCCCCCCCCCCCCC/C=C\C/C=C\C/C=C\C/C=C\C/C=C\C/C=C\C/C=C\C/C=C\C/C=C\CC)COC(OCC[N+](C)(C)C)C(=O)[O-]. The smallest absolute Gasteiger partial charge is 0.306 e. The van der Waals surface area contributed by atoms with Crippen LogP contribution in [0.3, 0.4) is 0 Å². The van der Waals surface area contributed by atoms with Gasteiger partial charge in [0.15, 0.2) is 12.4 Å². The number of likely N-dealkylation sites (N-methyl/N-ethyl adjacent to an activating group) is 1. The highest BCUT2D eigenvalue weighted by Gasteiger charge is 2.22. The highest BCUT2D eigenvalue weighted by molar-refractivity contribution is 5.70. The molecule has 0 rings (SSSR count). The number of carbonyl (C=O) groups is 3. The Kier molecular flexibility index (Phi) is 73.9. The van der Waals surface area contributed by atoms with Crippen molar-refractivity contribution in [3.05, 3.63) is 231 Å². The number of ether oxygens (including phenoxy) is 4. The van der Waals surface area contributed by atoms with E-state index in [1.165, 1.54) is 64.2 Å². The van der Waals surface area contributed by atoms with Gasteiger partial charge in [-0.25, -0.2) is 0 Å². The number of carboxylic acid groups (broad SMARTS) is 1. The Morgan fingerprint density at radius 2 is 0.535 bits per heavy atom. The number of nitrogens with zero attached hydrogens (tertiary/aromatic N) is 1. The number of aliphatic carboxylic acids is 1. The minimum absolute atomic E-state index is 0.130. The van der Waals surface area contributed by atoms with Crippen LogP contribution in [0.5, 0.6) is 0 Å². The zero-order chi connectivity index (χ0) is 73.2. The molecule has 0 saturated heterocycles. The number of hydrogen-bond acceptors (Lipinski definition) is 8. The minimum Gasteiger partial charge on any atom is -0.545 e. The number of quaternary nitrogens is 1. The Morgan fingerprint density at radius 1 is 0.297 bits per heavy atom. The summed E-state index contributed by atoms with van der Waals surface area (Å²) in [5.41, 5.74) is 0. The molecule has 2 unspecified atom stereocenters. The van der Waals surface area contributed by atoms with Gasteiger partial charge < -0.3 is 33.3 Å². The van der Waals surface area contributed by atoms with Crippen molar-refractivity contribution in [1.82, 2.24) is 0 Å². The molecule has 0 heterocycles. The zero-order valence-electron chi connectivity index (χ0n) is 64.4. The molecule has 0 bridgehead atoms. The number of carboxylic acids is 1. The van der Waals surface area contributed by atoms with Gasteiger partial charge in [-0.05, 0) is 161 Å². The van der Waals surface area contributed by atoms with Crippen LogP contribution in [-0.2, 0) is 33.3 Å². The summed E-state index contributed by atoms with van der Waals surface area (Å²) in [7, 11) is 5.91. The fourth-order valence-electron chi connectivity index (χ4n) is 9.97. The van der Waals surface area contributed by atoms with Crippen molar-refractivity contribution in [2.75, 3.05) is 47.5 Å². The van der Waals surface area contributed by atoms with Crippen LogP contribution < -0.4 is 5.11 Å². The molecule has 0 aromatic heterocycles. The molecule has 2 atom stereocenters. The van der Waals surface area contributed by atoms with E-state index >= 15 is 0 Å². The second kappa shape index (κ2) is 79.1. The van der Waals surface area contributed by atoms with E-state index < -0.39 is 24.3 Å². The van der Waals surface area contributed by atoms with Gasteiger partial charge in [0.05, 0.1) is 40.3 Å². The quantitative estimate of drug-likeness (QED) is 0.0195. The van der Waals surface area contributed by atoms with Crippen LogP contribution in [0.1, 0.15) is 271 Å². The Balaban J connectivity index is 4.19. The molecule has 9 heteroatoms. The van der Waals surface area contributed by atoms with Crippen molar-refractivity contribution in [2.24, 2.45) is 0 Å². The summed E-state index contributed by atoms with van der Waals surface area (Å²) in [4.78, 5) is 37.6. The monoisotopic (exact) mass is 1390 g/mol. The van der Waals surface area contributed by atoms with E-state index in [0.717, 1.165) is 173 Å². The van der Waals surface area contributed by atoms with E-state index in [9.17, 15) is 19.5 Å².